The van der Waals surface area contributed by atoms with Gasteiger partial charge < -0.3 is 20.1 Å². The van der Waals surface area contributed by atoms with E-state index in [-0.39, 0.29) is 18.1 Å². The number of carbonyl (C=O) groups is 2. The number of hydrogen-bond donors (Lipinski definition) is 3. The summed E-state index contributed by atoms with van der Waals surface area (Å²) < 4.78 is 34.3. The van der Waals surface area contributed by atoms with E-state index in [9.17, 15) is 18.0 Å². The molecule has 4 rings (SSSR count). The fourth-order valence-electron chi connectivity index (χ4n) is 4.54. The van der Waals surface area contributed by atoms with Gasteiger partial charge in [-0.2, -0.15) is 0 Å². The molecule has 0 amide bonds. The van der Waals surface area contributed by atoms with Gasteiger partial charge in [-0.25, -0.2) is 28.1 Å². The van der Waals surface area contributed by atoms with Crippen LogP contribution in [-0.2, 0) is 29.1 Å². The highest BCUT2D eigenvalue weighted by Crippen LogP contribution is 2.43. The van der Waals surface area contributed by atoms with Crippen molar-refractivity contribution in [2.24, 2.45) is 5.14 Å². The van der Waals surface area contributed by atoms with Crippen LogP contribution in [0.15, 0.2) is 81.3 Å². The second kappa shape index (κ2) is 12.0. The smallest absolute Gasteiger partial charge is 0.336 e. The number of nitrogens with one attached hydrogen (secondary N) is 2. The maximum Gasteiger partial charge on any atom is 0.336 e. The molecule has 40 heavy (non-hydrogen) atoms. The van der Waals surface area contributed by atoms with Crippen molar-refractivity contribution in [1.29, 1.82) is 0 Å². The molecule has 0 saturated carbocycles. The Labute approximate surface area is 237 Å². The third-order valence-corrected chi connectivity index (χ3v) is 7.90. The largest absolute Gasteiger partial charge is 0.463 e. The molecular formula is C28H30N4O6S2. The summed E-state index contributed by atoms with van der Waals surface area (Å²) in [5.41, 5.74) is 4.20. The number of sulfonamides is 1. The van der Waals surface area contributed by atoms with Gasteiger partial charge in [0, 0.05) is 28.0 Å². The maximum absolute atomic E-state index is 13.2. The highest BCUT2D eigenvalue weighted by atomic mass is 32.2. The van der Waals surface area contributed by atoms with Crippen molar-refractivity contribution in [2.45, 2.75) is 38.5 Å². The van der Waals surface area contributed by atoms with Gasteiger partial charge in [0.15, 0.2) is 5.13 Å². The maximum atomic E-state index is 13.2. The fourth-order valence-corrected chi connectivity index (χ4v) is 5.83. The van der Waals surface area contributed by atoms with Crippen LogP contribution in [0, 0.1) is 0 Å². The van der Waals surface area contributed by atoms with E-state index in [1.807, 2.05) is 24.3 Å². The number of thiazole rings is 1. The van der Waals surface area contributed by atoms with Crippen molar-refractivity contribution in [3.8, 4) is 11.3 Å². The van der Waals surface area contributed by atoms with Crippen LogP contribution in [0.2, 0.25) is 0 Å². The lowest BCUT2D eigenvalue weighted by molar-refractivity contribution is -0.139. The second-order valence-electron chi connectivity index (χ2n) is 8.90. The first-order valence-corrected chi connectivity index (χ1v) is 14.9. The Morgan fingerprint density at radius 3 is 2.23 bits per heavy atom. The van der Waals surface area contributed by atoms with E-state index in [1.165, 1.54) is 23.5 Å². The molecule has 1 aromatic heterocycles. The molecular weight excluding hydrogens is 552 g/mol. The van der Waals surface area contributed by atoms with Crippen molar-refractivity contribution in [1.82, 2.24) is 10.3 Å². The number of esters is 2. The number of aromatic nitrogens is 1. The van der Waals surface area contributed by atoms with Crippen molar-refractivity contribution >= 4 is 44.1 Å². The monoisotopic (exact) mass is 582 g/mol. The zero-order valence-corrected chi connectivity index (χ0v) is 24.1. The molecule has 0 unspecified atom stereocenters. The summed E-state index contributed by atoms with van der Waals surface area (Å²) in [6.45, 7) is 7.33. The molecule has 2 aromatic carbocycles. The molecule has 1 aliphatic rings. The van der Waals surface area contributed by atoms with Crippen molar-refractivity contribution in [2.75, 3.05) is 18.5 Å². The Morgan fingerprint density at radius 1 is 1.00 bits per heavy atom. The van der Waals surface area contributed by atoms with Gasteiger partial charge in [0.1, 0.15) is 0 Å². The summed E-state index contributed by atoms with van der Waals surface area (Å²) in [4.78, 5) is 31.0. The minimum absolute atomic E-state index is 0.00827. The minimum atomic E-state index is -3.86. The lowest BCUT2D eigenvalue weighted by Crippen LogP contribution is -2.32. The number of carbonyl (C=O) groups excluding carboxylic acids is 2. The SMILES string of the molecule is CCOC(=O)C1=C(C)NC(C)=C(C(=O)OCC)C1c1ccccc1Nc1nc(-c2cccc(S(N)(=O)=O)c2)cs1. The summed E-state index contributed by atoms with van der Waals surface area (Å²) in [7, 11) is -3.86. The van der Waals surface area contributed by atoms with E-state index >= 15 is 0 Å². The number of primary sulfonamides is 1. The number of benzene rings is 2. The Balaban J connectivity index is 1.77. The number of anilines is 2. The molecule has 0 spiro atoms. The highest BCUT2D eigenvalue weighted by Gasteiger charge is 2.39. The quantitative estimate of drug-likeness (QED) is 0.309. The minimum Gasteiger partial charge on any atom is -0.463 e. The molecule has 0 atom stereocenters. The van der Waals surface area contributed by atoms with Crippen LogP contribution in [0.4, 0.5) is 10.8 Å². The third kappa shape index (κ3) is 6.09. The van der Waals surface area contributed by atoms with E-state index in [0.717, 1.165) is 0 Å². The topological polar surface area (TPSA) is 150 Å². The van der Waals surface area contributed by atoms with Crippen LogP contribution in [0.1, 0.15) is 39.2 Å². The molecule has 0 radical (unpaired) electrons. The summed E-state index contributed by atoms with van der Waals surface area (Å²) in [5.74, 6) is -1.84. The van der Waals surface area contributed by atoms with Crippen molar-refractivity contribution in [3.63, 3.8) is 0 Å². The van der Waals surface area contributed by atoms with E-state index in [4.69, 9.17) is 14.6 Å². The molecule has 0 bridgehead atoms. The predicted molar refractivity (Wildman–Crippen MR) is 153 cm³/mol. The normalized spacial score (nSPS) is 14.1. The summed E-state index contributed by atoms with van der Waals surface area (Å²) in [6, 6.07) is 13.6. The Bertz CT molecular complexity index is 1580. The summed E-state index contributed by atoms with van der Waals surface area (Å²) in [6.07, 6.45) is 0. The Kier molecular flexibility index (Phi) is 8.72. The number of nitrogens with two attached hydrogens (primary N) is 1. The number of ether oxygens (including phenoxy) is 2. The first-order chi connectivity index (χ1) is 19.0. The molecule has 10 nitrogen and oxygen atoms in total. The van der Waals surface area contributed by atoms with Crippen LogP contribution in [-0.4, -0.2) is 38.6 Å². The molecule has 210 valence electrons. The first kappa shape index (κ1) is 29.0. The molecule has 4 N–H and O–H groups in total. The first-order valence-electron chi connectivity index (χ1n) is 12.5. The average molecular weight is 583 g/mol. The highest BCUT2D eigenvalue weighted by molar-refractivity contribution is 7.89. The van der Waals surface area contributed by atoms with Crippen molar-refractivity contribution in [3.05, 3.63) is 82.0 Å². The van der Waals surface area contributed by atoms with Gasteiger partial charge in [-0.15, -0.1) is 11.3 Å². The van der Waals surface area contributed by atoms with Gasteiger partial charge in [0.05, 0.1) is 40.9 Å². The Morgan fingerprint density at radius 2 is 1.62 bits per heavy atom. The van der Waals surface area contributed by atoms with E-state index in [2.05, 4.69) is 15.6 Å². The number of allylic oxidation sites excluding steroid dienone is 2. The number of nitrogens with zero attached hydrogens (tertiary/aromatic N) is 1. The zero-order chi connectivity index (χ0) is 29.0. The molecule has 1 aliphatic heterocycles. The van der Waals surface area contributed by atoms with E-state index in [0.29, 0.717) is 50.2 Å². The van der Waals surface area contributed by atoms with Crippen LogP contribution in [0.3, 0.4) is 0 Å². The second-order valence-corrected chi connectivity index (χ2v) is 11.3. The zero-order valence-electron chi connectivity index (χ0n) is 22.5. The van der Waals surface area contributed by atoms with Crippen molar-refractivity contribution < 1.29 is 27.5 Å². The van der Waals surface area contributed by atoms with Crippen LogP contribution in [0.5, 0.6) is 0 Å². The molecule has 0 saturated heterocycles. The number of rotatable bonds is 9. The van der Waals surface area contributed by atoms with E-state index in [1.54, 1.807) is 45.2 Å². The molecule has 3 aromatic rings. The molecule has 0 aliphatic carbocycles. The number of dihydropyridines is 1. The van der Waals surface area contributed by atoms with Crippen LogP contribution in [0.25, 0.3) is 11.3 Å². The third-order valence-electron chi connectivity index (χ3n) is 6.23. The van der Waals surface area contributed by atoms with Gasteiger partial charge >= 0.3 is 11.9 Å². The molecule has 12 heteroatoms. The van der Waals surface area contributed by atoms with Gasteiger partial charge in [-0.05, 0) is 51.5 Å². The predicted octanol–water partition coefficient (Wildman–Crippen LogP) is 4.56. The lowest BCUT2D eigenvalue weighted by Gasteiger charge is -2.31. The Hall–Kier alpha value is -4.00. The molecule has 2 heterocycles. The van der Waals surface area contributed by atoms with Gasteiger partial charge in [0.25, 0.3) is 0 Å². The number of hydrogen-bond acceptors (Lipinski definition) is 10. The molecule has 0 fully saturated rings. The summed E-state index contributed by atoms with van der Waals surface area (Å²) in [5, 5.41) is 14.1. The van der Waals surface area contributed by atoms with E-state index < -0.39 is 27.9 Å². The number of para-hydroxylation sites is 1. The average Bonchev–Trinajstić information content (AvgIpc) is 3.37. The van der Waals surface area contributed by atoms with Crippen LogP contribution >= 0.6 is 11.3 Å². The van der Waals surface area contributed by atoms with Gasteiger partial charge in [-0.3, -0.25) is 0 Å². The summed E-state index contributed by atoms with van der Waals surface area (Å²) >= 11 is 1.32. The standard InChI is InChI=1S/C28H30N4O6S2/c1-5-37-26(33)23-16(3)30-17(4)24(27(34)38-6-2)25(23)20-12-7-8-13-21(20)31-28-32-22(15-39-28)18-10-9-11-19(14-18)40(29,35)36/h7-15,25,30H,5-6H2,1-4H3,(H,31,32)(H2,29,35,36). The fraction of sp³-hybridized carbons (Fsp3) is 0.250. The van der Waals surface area contributed by atoms with Crippen LogP contribution < -0.4 is 15.8 Å². The van der Waals surface area contributed by atoms with Gasteiger partial charge in [0.2, 0.25) is 10.0 Å². The lowest BCUT2D eigenvalue weighted by atomic mass is 9.79. The van der Waals surface area contributed by atoms with Gasteiger partial charge in [-0.1, -0.05) is 30.3 Å².